The Morgan fingerprint density at radius 2 is 1.87 bits per heavy atom. The normalized spacial score (nSPS) is 11.0. The molecule has 0 atom stereocenters. The second-order valence-corrected chi connectivity index (χ2v) is 8.70. The van der Waals surface area contributed by atoms with E-state index in [2.05, 4.69) is 49.7 Å². The lowest BCUT2D eigenvalue weighted by atomic mass is 10.1. The van der Waals surface area contributed by atoms with Crippen molar-refractivity contribution in [1.29, 1.82) is 0 Å². The van der Waals surface area contributed by atoms with Gasteiger partial charge in [-0.25, -0.2) is 4.79 Å². The molecule has 1 aromatic heterocycles. The molecule has 2 aromatic carbocycles. The first kappa shape index (κ1) is 22.0. The van der Waals surface area contributed by atoms with Crippen LogP contribution in [0.4, 0.5) is 10.5 Å². The van der Waals surface area contributed by atoms with E-state index in [1.54, 1.807) is 0 Å². The first-order valence-electron chi connectivity index (χ1n) is 10.3. The summed E-state index contributed by atoms with van der Waals surface area (Å²) in [6, 6.07) is 17.9. The molecule has 3 aromatic rings. The van der Waals surface area contributed by atoms with Gasteiger partial charge in [0.2, 0.25) is 0 Å². The number of halogens is 1. The summed E-state index contributed by atoms with van der Waals surface area (Å²) in [4.78, 5) is 15.0. The molecule has 0 unspecified atom stereocenters. The van der Waals surface area contributed by atoms with E-state index in [1.807, 2.05) is 53.6 Å². The van der Waals surface area contributed by atoms with Crippen LogP contribution in [0.15, 0.2) is 60.8 Å². The second-order valence-electron chi connectivity index (χ2n) is 8.26. The summed E-state index contributed by atoms with van der Waals surface area (Å²) in [7, 11) is 0. The molecule has 0 fully saturated rings. The average Bonchev–Trinajstić information content (AvgIpc) is 3.10. The molecule has 2 amide bonds. The molecule has 30 heavy (non-hydrogen) atoms. The zero-order valence-corrected chi connectivity index (χ0v) is 18.9. The van der Waals surface area contributed by atoms with E-state index in [9.17, 15) is 4.79 Å². The monoisotopic (exact) mass is 423 g/mol. The van der Waals surface area contributed by atoms with Gasteiger partial charge >= 0.3 is 6.03 Å². The predicted octanol–water partition coefficient (Wildman–Crippen LogP) is 6.50. The minimum atomic E-state index is -0.0811. The first-order chi connectivity index (χ1) is 14.3. The van der Waals surface area contributed by atoms with Crippen molar-refractivity contribution in [3.8, 4) is 0 Å². The van der Waals surface area contributed by atoms with Crippen LogP contribution in [-0.4, -0.2) is 22.0 Å². The molecule has 0 saturated carbocycles. The van der Waals surface area contributed by atoms with Gasteiger partial charge in [-0.1, -0.05) is 43.6 Å². The van der Waals surface area contributed by atoms with Crippen LogP contribution in [-0.2, 0) is 13.1 Å². The van der Waals surface area contributed by atoms with E-state index in [0.29, 0.717) is 19.0 Å². The largest absolute Gasteiger partial charge is 0.345 e. The Kier molecular flexibility index (Phi) is 7.22. The maximum atomic E-state index is 13.1. The third-order valence-electron chi connectivity index (χ3n) is 5.15. The third kappa shape index (κ3) is 5.90. The maximum absolute atomic E-state index is 13.1. The van der Waals surface area contributed by atoms with E-state index >= 15 is 0 Å². The van der Waals surface area contributed by atoms with E-state index in [0.717, 1.165) is 28.5 Å². The average molecular weight is 424 g/mol. The number of aromatic nitrogens is 1. The summed E-state index contributed by atoms with van der Waals surface area (Å²) in [6.07, 6.45) is 2.05. The van der Waals surface area contributed by atoms with Gasteiger partial charge in [0.25, 0.3) is 0 Å². The summed E-state index contributed by atoms with van der Waals surface area (Å²) in [5.41, 5.74) is 5.43. The van der Waals surface area contributed by atoms with Crippen molar-refractivity contribution in [3.05, 3.63) is 88.2 Å². The number of carbonyl (C=O) groups excluding carboxylic acids is 1. The van der Waals surface area contributed by atoms with E-state index in [4.69, 9.17) is 11.6 Å². The van der Waals surface area contributed by atoms with Crippen LogP contribution in [0.3, 0.4) is 0 Å². The quantitative estimate of drug-likeness (QED) is 0.462. The number of amides is 2. The van der Waals surface area contributed by atoms with Crippen molar-refractivity contribution >= 4 is 23.3 Å². The Morgan fingerprint density at radius 1 is 1.07 bits per heavy atom. The van der Waals surface area contributed by atoms with Crippen molar-refractivity contribution in [1.82, 2.24) is 9.47 Å². The van der Waals surface area contributed by atoms with Crippen LogP contribution in [0.25, 0.3) is 0 Å². The highest BCUT2D eigenvalue weighted by Crippen LogP contribution is 2.18. The molecule has 0 aliphatic heterocycles. The maximum Gasteiger partial charge on any atom is 0.322 e. The van der Waals surface area contributed by atoms with Crippen LogP contribution < -0.4 is 5.32 Å². The molecule has 5 heteroatoms. The number of benzene rings is 2. The van der Waals surface area contributed by atoms with Crippen molar-refractivity contribution in [2.75, 3.05) is 11.9 Å². The Bertz CT molecular complexity index is 1010. The summed E-state index contributed by atoms with van der Waals surface area (Å²) in [6.45, 7) is 10.3. The number of hydrogen-bond donors (Lipinski definition) is 1. The number of nitrogens with zero attached hydrogens (tertiary/aromatic N) is 2. The number of aryl methyl sites for hydroxylation is 2. The molecule has 4 nitrogen and oxygen atoms in total. The highest BCUT2D eigenvalue weighted by molar-refractivity contribution is 6.30. The molecule has 0 aliphatic rings. The van der Waals surface area contributed by atoms with Gasteiger partial charge in [0.15, 0.2) is 0 Å². The number of anilines is 1. The Balaban J connectivity index is 1.75. The lowest BCUT2D eigenvalue weighted by Gasteiger charge is -2.26. The van der Waals surface area contributed by atoms with E-state index in [1.165, 1.54) is 11.1 Å². The number of rotatable bonds is 7. The summed E-state index contributed by atoms with van der Waals surface area (Å²) < 4.78 is 2.17. The van der Waals surface area contributed by atoms with Gasteiger partial charge in [-0.3, -0.25) is 0 Å². The zero-order valence-electron chi connectivity index (χ0n) is 18.2. The smallest absolute Gasteiger partial charge is 0.322 e. The molecule has 3 rings (SSSR count). The fraction of sp³-hybridized carbons (Fsp3) is 0.320. The molecule has 1 heterocycles. The predicted molar refractivity (Wildman–Crippen MR) is 125 cm³/mol. The number of carbonyl (C=O) groups is 1. The molecular formula is C25H30ClN3O. The lowest BCUT2D eigenvalue weighted by Crippen LogP contribution is -2.37. The van der Waals surface area contributed by atoms with Crippen molar-refractivity contribution in [2.24, 2.45) is 5.92 Å². The SMILES string of the molecule is Cc1ccc(NC(=O)N(Cc2cccn2Cc2cccc(Cl)c2)CC(C)C)cc1C. The molecule has 0 bridgehead atoms. The molecule has 0 radical (unpaired) electrons. The minimum absolute atomic E-state index is 0.0811. The van der Waals surface area contributed by atoms with Gasteiger partial charge in [0, 0.05) is 35.7 Å². The molecular weight excluding hydrogens is 394 g/mol. The van der Waals surface area contributed by atoms with Crippen molar-refractivity contribution in [3.63, 3.8) is 0 Å². The highest BCUT2D eigenvalue weighted by atomic mass is 35.5. The number of hydrogen-bond acceptors (Lipinski definition) is 1. The Hall–Kier alpha value is -2.72. The van der Waals surface area contributed by atoms with E-state index in [-0.39, 0.29) is 6.03 Å². The van der Waals surface area contributed by atoms with E-state index < -0.39 is 0 Å². The third-order valence-corrected chi connectivity index (χ3v) is 5.38. The van der Waals surface area contributed by atoms with Gasteiger partial charge in [-0.05, 0) is 72.9 Å². The van der Waals surface area contributed by atoms with Crippen molar-refractivity contribution < 1.29 is 4.79 Å². The van der Waals surface area contributed by atoms with Crippen LogP contribution >= 0.6 is 11.6 Å². The summed E-state index contributed by atoms with van der Waals surface area (Å²) in [5, 5.41) is 3.80. The van der Waals surface area contributed by atoms with Gasteiger partial charge in [0.1, 0.15) is 0 Å². The first-order valence-corrected chi connectivity index (χ1v) is 10.7. The topological polar surface area (TPSA) is 37.3 Å². The minimum Gasteiger partial charge on any atom is -0.345 e. The molecule has 0 spiro atoms. The van der Waals surface area contributed by atoms with Crippen LogP contribution in [0, 0.1) is 19.8 Å². The fourth-order valence-electron chi connectivity index (χ4n) is 3.46. The van der Waals surface area contributed by atoms with Crippen LogP contribution in [0.1, 0.15) is 36.2 Å². The summed E-state index contributed by atoms with van der Waals surface area (Å²) >= 11 is 6.14. The standard InChI is InChI=1S/C25H30ClN3O/c1-18(2)15-29(25(30)27-23-11-10-19(3)20(4)13-23)17-24-9-6-12-28(24)16-21-7-5-8-22(26)14-21/h5-14,18H,15-17H2,1-4H3,(H,27,30). The van der Waals surface area contributed by atoms with Gasteiger partial charge in [0.05, 0.1) is 6.54 Å². The zero-order chi connectivity index (χ0) is 21.7. The lowest BCUT2D eigenvalue weighted by molar-refractivity contribution is 0.200. The van der Waals surface area contributed by atoms with Gasteiger partial charge in [-0.15, -0.1) is 0 Å². The molecule has 1 N–H and O–H groups in total. The summed E-state index contributed by atoms with van der Waals surface area (Å²) in [5.74, 6) is 0.367. The molecule has 0 aliphatic carbocycles. The molecule has 158 valence electrons. The Morgan fingerprint density at radius 3 is 2.57 bits per heavy atom. The number of nitrogens with one attached hydrogen (secondary N) is 1. The fourth-order valence-corrected chi connectivity index (χ4v) is 3.67. The van der Waals surface area contributed by atoms with Gasteiger partial charge < -0.3 is 14.8 Å². The van der Waals surface area contributed by atoms with Crippen LogP contribution in [0.5, 0.6) is 0 Å². The second kappa shape index (κ2) is 9.86. The van der Waals surface area contributed by atoms with Crippen LogP contribution in [0.2, 0.25) is 5.02 Å². The van der Waals surface area contributed by atoms with Crippen molar-refractivity contribution in [2.45, 2.75) is 40.8 Å². The highest BCUT2D eigenvalue weighted by Gasteiger charge is 2.17. The molecule has 0 saturated heterocycles. The Labute approximate surface area is 184 Å². The van der Waals surface area contributed by atoms with Gasteiger partial charge in [-0.2, -0.15) is 0 Å². The number of urea groups is 1.